The molecule has 4 N–H and O–H groups in total. The first-order chi connectivity index (χ1) is 9.58. The summed E-state index contributed by atoms with van der Waals surface area (Å²) >= 11 is 0. The predicted octanol–water partition coefficient (Wildman–Crippen LogP) is 1.21. The number of rotatable bonds is 6. The SMILES string of the molecule is C[C@@H](NCCN1CCCC1)[C@@H](O)c1ccc(O)c(O)c1. The fourth-order valence-electron chi connectivity index (χ4n) is 2.58. The Morgan fingerprint density at radius 2 is 1.90 bits per heavy atom. The molecular formula is C15H24N2O3. The fraction of sp³-hybridized carbons (Fsp3) is 0.600. The number of benzene rings is 1. The summed E-state index contributed by atoms with van der Waals surface area (Å²) in [6.45, 7) is 6.09. The van der Waals surface area contributed by atoms with Crippen LogP contribution in [0.25, 0.3) is 0 Å². The lowest BCUT2D eigenvalue weighted by atomic mass is 10.0. The van der Waals surface area contributed by atoms with Crippen molar-refractivity contribution in [2.75, 3.05) is 26.2 Å². The molecule has 0 aromatic heterocycles. The van der Waals surface area contributed by atoms with Crippen LogP contribution in [0.3, 0.4) is 0 Å². The molecule has 1 aromatic carbocycles. The van der Waals surface area contributed by atoms with Gasteiger partial charge in [-0.2, -0.15) is 0 Å². The van der Waals surface area contributed by atoms with Gasteiger partial charge in [0, 0.05) is 19.1 Å². The molecule has 0 radical (unpaired) electrons. The highest BCUT2D eigenvalue weighted by molar-refractivity contribution is 5.41. The summed E-state index contributed by atoms with van der Waals surface area (Å²) in [6.07, 6.45) is 1.86. The Hall–Kier alpha value is -1.30. The van der Waals surface area contributed by atoms with Crippen molar-refractivity contribution in [3.05, 3.63) is 23.8 Å². The van der Waals surface area contributed by atoms with Crippen LogP contribution in [0.5, 0.6) is 11.5 Å². The molecule has 0 spiro atoms. The van der Waals surface area contributed by atoms with Gasteiger partial charge in [0.15, 0.2) is 11.5 Å². The monoisotopic (exact) mass is 280 g/mol. The van der Waals surface area contributed by atoms with Crippen LogP contribution in [0.1, 0.15) is 31.4 Å². The molecule has 1 aliphatic rings. The summed E-state index contributed by atoms with van der Waals surface area (Å²) in [6, 6.07) is 4.31. The summed E-state index contributed by atoms with van der Waals surface area (Å²) in [5, 5.41) is 32.3. The second-order valence-corrected chi connectivity index (χ2v) is 5.48. The highest BCUT2D eigenvalue weighted by Gasteiger charge is 2.18. The number of aliphatic hydroxyl groups is 1. The van der Waals surface area contributed by atoms with Crippen LogP contribution in [0, 0.1) is 0 Å². The van der Waals surface area contributed by atoms with Crippen LogP contribution in [0.15, 0.2) is 18.2 Å². The minimum atomic E-state index is -0.708. The van der Waals surface area contributed by atoms with Crippen molar-refractivity contribution in [2.24, 2.45) is 0 Å². The van der Waals surface area contributed by atoms with E-state index in [-0.39, 0.29) is 17.5 Å². The Labute approximate surface area is 119 Å². The van der Waals surface area contributed by atoms with E-state index in [4.69, 9.17) is 0 Å². The predicted molar refractivity (Wildman–Crippen MR) is 77.9 cm³/mol. The quantitative estimate of drug-likeness (QED) is 0.589. The summed E-state index contributed by atoms with van der Waals surface area (Å²) < 4.78 is 0. The molecule has 2 rings (SSSR count). The first kappa shape index (κ1) is 15.1. The van der Waals surface area contributed by atoms with Crippen molar-refractivity contribution in [1.82, 2.24) is 10.2 Å². The summed E-state index contributed by atoms with van der Waals surface area (Å²) in [4.78, 5) is 2.42. The Kier molecular flexibility index (Phi) is 5.23. The van der Waals surface area contributed by atoms with E-state index in [1.54, 1.807) is 6.07 Å². The highest BCUT2D eigenvalue weighted by Crippen LogP contribution is 2.28. The highest BCUT2D eigenvalue weighted by atomic mass is 16.3. The Bertz CT molecular complexity index is 433. The van der Waals surface area contributed by atoms with Gasteiger partial charge in [-0.1, -0.05) is 6.07 Å². The summed E-state index contributed by atoms with van der Waals surface area (Å²) in [7, 11) is 0. The standard InChI is InChI=1S/C15H24N2O3/c1-11(16-6-9-17-7-2-3-8-17)15(20)12-4-5-13(18)14(19)10-12/h4-5,10-11,15-16,18-20H,2-3,6-9H2,1H3/t11-,15-/m1/s1. The van der Waals surface area contributed by atoms with Crippen molar-refractivity contribution in [2.45, 2.75) is 31.9 Å². The lowest BCUT2D eigenvalue weighted by Gasteiger charge is -2.22. The smallest absolute Gasteiger partial charge is 0.157 e. The van der Waals surface area contributed by atoms with E-state index >= 15 is 0 Å². The number of nitrogens with one attached hydrogen (secondary N) is 1. The van der Waals surface area contributed by atoms with Gasteiger partial charge in [-0.25, -0.2) is 0 Å². The third kappa shape index (κ3) is 3.85. The number of aliphatic hydroxyl groups excluding tert-OH is 1. The maximum atomic E-state index is 10.2. The van der Waals surface area contributed by atoms with Crippen LogP contribution in [-0.4, -0.2) is 52.4 Å². The summed E-state index contributed by atoms with van der Waals surface area (Å²) in [5.74, 6) is -0.374. The largest absolute Gasteiger partial charge is 0.504 e. The normalized spacial score (nSPS) is 19.1. The second-order valence-electron chi connectivity index (χ2n) is 5.48. The van der Waals surface area contributed by atoms with E-state index in [2.05, 4.69) is 10.2 Å². The minimum Gasteiger partial charge on any atom is -0.504 e. The van der Waals surface area contributed by atoms with Crippen molar-refractivity contribution >= 4 is 0 Å². The van der Waals surface area contributed by atoms with Crippen LogP contribution in [0.4, 0.5) is 0 Å². The van der Waals surface area contributed by atoms with Gasteiger partial charge in [0.05, 0.1) is 6.10 Å². The first-order valence-corrected chi connectivity index (χ1v) is 7.23. The molecule has 1 saturated heterocycles. The van der Waals surface area contributed by atoms with E-state index in [0.717, 1.165) is 13.1 Å². The molecule has 112 valence electrons. The minimum absolute atomic E-state index is 0.110. The molecule has 2 atom stereocenters. The molecule has 0 amide bonds. The van der Waals surface area contributed by atoms with Gasteiger partial charge in [-0.3, -0.25) is 0 Å². The molecular weight excluding hydrogens is 256 g/mol. The van der Waals surface area contributed by atoms with Crippen LogP contribution in [0.2, 0.25) is 0 Å². The average molecular weight is 280 g/mol. The van der Waals surface area contributed by atoms with Crippen LogP contribution in [-0.2, 0) is 0 Å². The number of phenolic OH excluding ortho intramolecular Hbond substituents is 2. The zero-order valence-corrected chi connectivity index (χ0v) is 11.9. The zero-order valence-electron chi connectivity index (χ0n) is 11.9. The van der Waals surface area contributed by atoms with Gasteiger partial charge in [-0.15, -0.1) is 0 Å². The zero-order chi connectivity index (χ0) is 14.5. The Morgan fingerprint density at radius 1 is 1.20 bits per heavy atom. The topological polar surface area (TPSA) is 76.0 Å². The van der Waals surface area contributed by atoms with Crippen LogP contribution < -0.4 is 5.32 Å². The lowest BCUT2D eigenvalue weighted by Crippen LogP contribution is -2.37. The molecule has 1 aromatic rings. The third-order valence-electron chi connectivity index (χ3n) is 3.91. The number of hydrogen-bond acceptors (Lipinski definition) is 5. The van der Waals surface area contributed by atoms with Gasteiger partial charge < -0.3 is 25.5 Å². The number of phenols is 2. The molecule has 5 nitrogen and oxygen atoms in total. The van der Waals surface area contributed by atoms with Gasteiger partial charge in [0.25, 0.3) is 0 Å². The van der Waals surface area contributed by atoms with E-state index in [9.17, 15) is 15.3 Å². The third-order valence-corrected chi connectivity index (χ3v) is 3.91. The maximum Gasteiger partial charge on any atom is 0.157 e. The molecule has 20 heavy (non-hydrogen) atoms. The Balaban J connectivity index is 1.81. The average Bonchev–Trinajstić information content (AvgIpc) is 2.94. The van der Waals surface area contributed by atoms with Gasteiger partial charge in [-0.05, 0) is 50.6 Å². The fourth-order valence-corrected chi connectivity index (χ4v) is 2.58. The molecule has 5 heteroatoms. The van der Waals surface area contributed by atoms with Gasteiger partial charge in [0.2, 0.25) is 0 Å². The van der Waals surface area contributed by atoms with E-state index < -0.39 is 6.10 Å². The molecule has 0 unspecified atom stereocenters. The Morgan fingerprint density at radius 3 is 2.55 bits per heavy atom. The first-order valence-electron chi connectivity index (χ1n) is 7.23. The number of hydrogen-bond donors (Lipinski definition) is 4. The molecule has 0 bridgehead atoms. The van der Waals surface area contributed by atoms with Crippen LogP contribution >= 0.6 is 0 Å². The van der Waals surface area contributed by atoms with Crippen molar-refractivity contribution < 1.29 is 15.3 Å². The van der Waals surface area contributed by atoms with Crippen molar-refractivity contribution in [3.63, 3.8) is 0 Å². The molecule has 1 aliphatic heterocycles. The molecule has 0 aliphatic carbocycles. The van der Waals surface area contributed by atoms with E-state index in [1.807, 2.05) is 6.92 Å². The lowest BCUT2D eigenvalue weighted by molar-refractivity contribution is 0.134. The van der Waals surface area contributed by atoms with Crippen molar-refractivity contribution in [1.29, 1.82) is 0 Å². The number of aromatic hydroxyl groups is 2. The maximum absolute atomic E-state index is 10.2. The van der Waals surface area contributed by atoms with Gasteiger partial charge >= 0.3 is 0 Å². The van der Waals surface area contributed by atoms with E-state index in [1.165, 1.54) is 38.1 Å². The number of nitrogens with zero attached hydrogens (tertiary/aromatic N) is 1. The van der Waals surface area contributed by atoms with Gasteiger partial charge in [0.1, 0.15) is 0 Å². The summed E-state index contributed by atoms with van der Waals surface area (Å²) in [5.41, 5.74) is 0.599. The number of likely N-dealkylation sites (tertiary alicyclic amines) is 1. The molecule has 1 fully saturated rings. The second kappa shape index (κ2) is 6.92. The molecule has 0 saturated carbocycles. The van der Waals surface area contributed by atoms with Crippen molar-refractivity contribution in [3.8, 4) is 11.5 Å². The van der Waals surface area contributed by atoms with E-state index in [0.29, 0.717) is 5.56 Å². The molecule has 1 heterocycles.